The molecule has 1 aromatic heterocycles. The lowest BCUT2D eigenvalue weighted by molar-refractivity contribution is 0.481. The topological polar surface area (TPSA) is 71.9 Å². The predicted octanol–water partition coefficient (Wildman–Crippen LogP) is 3.09. The summed E-state index contributed by atoms with van der Waals surface area (Å²) >= 11 is 3.31. The van der Waals surface area contributed by atoms with Crippen LogP contribution in [0.1, 0.15) is 5.56 Å². The van der Waals surface area contributed by atoms with E-state index >= 15 is 0 Å². The fourth-order valence-corrected chi connectivity index (χ4v) is 1.69. The summed E-state index contributed by atoms with van der Waals surface area (Å²) in [6.07, 6.45) is 3.12. The van der Waals surface area contributed by atoms with E-state index in [0.29, 0.717) is 27.2 Å². The average Bonchev–Trinajstić information content (AvgIpc) is 2.35. The lowest BCUT2D eigenvalue weighted by atomic mass is 10.2. The van der Waals surface area contributed by atoms with Gasteiger partial charge in [0.05, 0.1) is 28.0 Å². The summed E-state index contributed by atoms with van der Waals surface area (Å²) in [5, 5.41) is 8.68. The van der Waals surface area contributed by atoms with Crippen molar-refractivity contribution in [1.29, 1.82) is 5.26 Å². The third-order valence-corrected chi connectivity index (χ3v) is 2.65. The summed E-state index contributed by atoms with van der Waals surface area (Å²) in [6, 6.07) is 8.83. The van der Waals surface area contributed by atoms with Gasteiger partial charge in [-0.15, -0.1) is 0 Å². The number of hydrogen-bond acceptors (Lipinski definition) is 4. The van der Waals surface area contributed by atoms with Crippen molar-refractivity contribution in [3.63, 3.8) is 0 Å². The Bertz CT molecular complexity index is 555. The number of ether oxygens (including phenoxy) is 1. The smallest absolute Gasteiger partial charge is 0.167 e. The SMILES string of the molecule is N#Cc1ccc(Oc2c(N)cncc2Br)cc1. The molecule has 0 atom stereocenters. The predicted molar refractivity (Wildman–Crippen MR) is 67.6 cm³/mol. The number of pyridine rings is 1. The van der Waals surface area contributed by atoms with E-state index in [4.69, 9.17) is 15.7 Å². The minimum Gasteiger partial charge on any atom is -0.454 e. The number of aromatic nitrogens is 1. The number of hydrogen-bond donors (Lipinski definition) is 1. The molecule has 0 saturated carbocycles. The molecule has 2 N–H and O–H groups in total. The molecule has 0 spiro atoms. The number of nitrogens with two attached hydrogens (primary N) is 1. The van der Waals surface area contributed by atoms with Gasteiger partial charge in [0, 0.05) is 6.20 Å². The molecule has 0 aliphatic rings. The van der Waals surface area contributed by atoms with E-state index < -0.39 is 0 Å². The Kier molecular flexibility index (Phi) is 3.26. The summed E-state index contributed by atoms with van der Waals surface area (Å²) in [6.45, 7) is 0. The van der Waals surface area contributed by atoms with Crippen molar-refractivity contribution < 1.29 is 4.74 Å². The standard InChI is InChI=1S/C12H8BrN3O/c13-10-6-16-7-11(15)12(10)17-9-3-1-8(5-14)2-4-9/h1-4,6-7H,15H2. The maximum absolute atomic E-state index is 8.68. The third kappa shape index (κ3) is 2.55. The lowest BCUT2D eigenvalue weighted by Gasteiger charge is -2.09. The molecule has 17 heavy (non-hydrogen) atoms. The van der Waals surface area contributed by atoms with E-state index in [-0.39, 0.29) is 0 Å². The zero-order valence-electron chi connectivity index (χ0n) is 8.72. The number of anilines is 1. The molecule has 0 unspecified atom stereocenters. The number of rotatable bonds is 2. The number of nitrogen functional groups attached to an aromatic ring is 1. The Morgan fingerprint density at radius 1 is 1.24 bits per heavy atom. The van der Waals surface area contributed by atoms with Crippen LogP contribution >= 0.6 is 15.9 Å². The van der Waals surface area contributed by atoms with Crippen molar-refractivity contribution in [2.24, 2.45) is 0 Å². The van der Waals surface area contributed by atoms with Crippen molar-refractivity contribution in [3.8, 4) is 17.6 Å². The molecule has 4 nitrogen and oxygen atoms in total. The molecular weight excluding hydrogens is 282 g/mol. The summed E-state index contributed by atoms with van der Waals surface area (Å²) < 4.78 is 6.30. The van der Waals surface area contributed by atoms with Gasteiger partial charge in [-0.25, -0.2) is 0 Å². The number of benzene rings is 1. The molecule has 0 fully saturated rings. The van der Waals surface area contributed by atoms with Crippen LogP contribution in [0, 0.1) is 11.3 Å². The van der Waals surface area contributed by atoms with Crippen LogP contribution in [0.3, 0.4) is 0 Å². The first-order chi connectivity index (χ1) is 8.20. The first-order valence-corrected chi connectivity index (χ1v) is 5.57. The van der Waals surface area contributed by atoms with Crippen LogP contribution in [0.15, 0.2) is 41.1 Å². The van der Waals surface area contributed by atoms with E-state index in [1.165, 1.54) is 6.20 Å². The molecule has 0 aliphatic carbocycles. The van der Waals surface area contributed by atoms with Crippen LogP contribution in [-0.4, -0.2) is 4.98 Å². The molecule has 2 aromatic rings. The molecule has 2 rings (SSSR count). The van der Waals surface area contributed by atoms with Crippen LogP contribution in [0.4, 0.5) is 5.69 Å². The second-order valence-electron chi connectivity index (χ2n) is 3.28. The van der Waals surface area contributed by atoms with Crippen molar-refractivity contribution in [3.05, 3.63) is 46.7 Å². The molecule has 0 aliphatic heterocycles. The van der Waals surface area contributed by atoms with Gasteiger partial charge in [-0.2, -0.15) is 5.26 Å². The monoisotopic (exact) mass is 289 g/mol. The largest absolute Gasteiger partial charge is 0.454 e. The van der Waals surface area contributed by atoms with Crippen molar-refractivity contribution in [2.45, 2.75) is 0 Å². The first-order valence-electron chi connectivity index (χ1n) is 4.77. The van der Waals surface area contributed by atoms with E-state index in [1.54, 1.807) is 30.5 Å². The fraction of sp³-hybridized carbons (Fsp3) is 0. The van der Waals surface area contributed by atoms with Crippen LogP contribution < -0.4 is 10.5 Å². The molecule has 0 bridgehead atoms. The first kappa shape index (κ1) is 11.4. The summed E-state index contributed by atoms with van der Waals surface area (Å²) in [5.41, 5.74) is 6.79. The fourth-order valence-electron chi connectivity index (χ4n) is 1.26. The van der Waals surface area contributed by atoms with Gasteiger partial charge in [0.2, 0.25) is 0 Å². The molecule has 0 saturated heterocycles. The summed E-state index contributed by atoms with van der Waals surface area (Å²) in [4.78, 5) is 3.92. The number of nitrogens with zero attached hydrogens (tertiary/aromatic N) is 2. The van der Waals surface area contributed by atoms with Crippen LogP contribution in [0.2, 0.25) is 0 Å². The Labute approximate surface area is 107 Å². The summed E-state index contributed by atoms with van der Waals surface area (Å²) in [5.74, 6) is 1.13. The van der Waals surface area contributed by atoms with Gasteiger partial charge < -0.3 is 10.5 Å². The van der Waals surface area contributed by atoms with Gasteiger partial charge in [-0.1, -0.05) is 0 Å². The zero-order chi connectivity index (χ0) is 12.3. The van der Waals surface area contributed by atoms with Gasteiger partial charge in [0.15, 0.2) is 5.75 Å². The van der Waals surface area contributed by atoms with Crippen LogP contribution in [0.25, 0.3) is 0 Å². The maximum atomic E-state index is 8.68. The number of nitriles is 1. The van der Waals surface area contributed by atoms with Gasteiger partial charge >= 0.3 is 0 Å². The second kappa shape index (κ2) is 4.85. The van der Waals surface area contributed by atoms with Gasteiger partial charge in [0.1, 0.15) is 5.75 Å². The minimum atomic E-state index is 0.448. The highest BCUT2D eigenvalue weighted by Gasteiger charge is 2.07. The summed E-state index contributed by atoms with van der Waals surface area (Å²) in [7, 11) is 0. The van der Waals surface area contributed by atoms with E-state index in [2.05, 4.69) is 20.9 Å². The molecular formula is C12H8BrN3O. The van der Waals surface area contributed by atoms with Gasteiger partial charge in [0.25, 0.3) is 0 Å². The zero-order valence-corrected chi connectivity index (χ0v) is 10.3. The van der Waals surface area contributed by atoms with E-state index in [1.807, 2.05) is 6.07 Å². The Hall–Kier alpha value is -2.06. The minimum absolute atomic E-state index is 0.448. The van der Waals surface area contributed by atoms with Gasteiger partial charge in [-0.05, 0) is 40.2 Å². The second-order valence-corrected chi connectivity index (χ2v) is 4.13. The van der Waals surface area contributed by atoms with Crippen molar-refractivity contribution in [1.82, 2.24) is 4.98 Å². The van der Waals surface area contributed by atoms with Crippen molar-refractivity contribution in [2.75, 3.05) is 5.73 Å². The maximum Gasteiger partial charge on any atom is 0.167 e. The highest BCUT2D eigenvalue weighted by Crippen LogP contribution is 2.33. The molecule has 0 amide bonds. The molecule has 1 heterocycles. The van der Waals surface area contributed by atoms with Crippen molar-refractivity contribution >= 4 is 21.6 Å². The molecule has 5 heteroatoms. The van der Waals surface area contributed by atoms with E-state index in [0.717, 1.165) is 0 Å². The lowest BCUT2D eigenvalue weighted by Crippen LogP contribution is -1.94. The highest BCUT2D eigenvalue weighted by molar-refractivity contribution is 9.10. The normalized spacial score (nSPS) is 9.65. The number of halogens is 1. The third-order valence-electron chi connectivity index (χ3n) is 2.08. The Morgan fingerprint density at radius 3 is 2.53 bits per heavy atom. The van der Waals surface area contributed by atoms with Crippen LogP contribution in [0.5, 0.6) is 11.5 Å². The molecule has 0 radical (unpaired) electrons. The Balaban J connectivity index is 2.29. The quantitative estimate of drug-likeness (QED) is 0.922. The van der Waals surface area contributed by atoms with E-state index in [9.17, 15) is 0 Å². The van der Waals surface area contributed by atoms with Crippen LogP contribution in [-0.2, 0) is 0 Å². The highest BCUT2D eigenvalue weighted by atomic mass is 79.9. The average molecular weight is 290 g/mol. The Morgan fingerprint density at radius 2 is 1.94 bits per heavy atom. The molecule has 84 valence electrons. The van der Waals surface area contributed by atoms with Gasteiger partial charge in [-0.3, -0.25) is 4.98 Å². The molecule has 1 aromatic carbocycles.